The predicted octanol–water partition coefficient (Wildman–Crippen LogP) is 1.14. The lowest BCUT2D eigenvalue weighted by atomic mass is 10.1. The highest BCUT2D eigenvalue weighted by atomic mass is 32.2. The minimum absolute atomic E-state index is 1.23. The van der Waals surface area contributed by atoms with Gasteiger partial charge in [-0.2, -0.15) is 39.5 Å². The molecule has 0 radical (unpaired) electrons. The van der Waals surface area contributed by atoms with E-state index in [0.29, 0.717) is 0 Å². The molecule has 0 aliphatic rings. The summed E-state index contributed by atoms with van der Waals surface area (Å²) in [4.78, 5) is 3.46. The Bertz CT molecular complexity index is 431. The SMILES string of the molecule is O=S(O)N(OCC(O)CO)C(F)(F)C(F)(F)C(F)(F)C(F)(F)F. The quantitative estimate of drug-likeness (QED) is 0.251. The van der Waals surface area contributed by atoms with Gasteiger partial charge < -0.3 is 10.2 Å². The van der Waals surface area contributed by atoms with Gasteiger partial charge in [-0.25, -0.2) is 4.21 Å². The molecule has 2 unspecified atom stereocenters. The van der Waals surface area contributed by atoms with E-state index in [2.05, 4.69) is 4.84 Å². The molecule has 0 aliphatic carbocycles. The molecule has 140 valence electrons. The Morgan fingerprint density at radius 3 is 1.74 bits per heavy atom. The second kappa shape index (κ2) is 7.06. The van der Waals surface area contributed by atoms with Crippen LogP contribution in [0.1, 0.15) is 0 Å². The third kappa shape index (κ3) is 4.24. The largest absolute Gasteiger partial charge is 0.460 e. The molecule has 0 amide bonds. The summed E-state index contributed by atoms with van der Waals surface area (Å²) in [6.07, 6.45) is -9.21. The number of aliphatic hydroxyl groups is 2. The van der Waals surface area contributed by atoms with Crippen molar-refractivity contribution >= 4 is 11.3 Å². The summed E-state index contributed by atoms with van der Waals surface area (Å²) in [5.74, 6) is -14.5. The van der Waals surface area contributed by atoms with Crippen LogP contribution in [0.2, 0.25) is 0 Å². The average molecular weight is 389 g/mol. The molecule has 0 bridgehead atoms. The highest BCUT2D eigenvalue weighted by Gasteiger charge is 2.84. The number of halogens is 9. The van der Waals surface area contributed by atoms with Gasteiger partial charge in [-0.3, -0.25) is 9.39 Å². The molecule has 0 heterocycles. The van der Waals surface area contributed by atoms with Gasteiger partial charge in [-0.05, 0) is 4.47 Å². The van der Waals surface area contributed by atoms with Gasteiger partial charge in [-0.1, -0.05) is 0 Å². The van der Waals surface area contributed by atoms with Gasteiger partial charge in [0.15, 0.2) is 0 Å². The lowest BCUT2D eigenvalue weighted by Crippen LogP contribution is -2.66. The summed E-state index contributed by atoms with van der Waals surface area (Å²) in [7, 11) is 0. The van der Waals surface area contributed by atoms with E-state index in [9.17, 15) is 43.7 Å². The smallest absolute Gasteiger partial charge is 0.394 e. The summed E-state index contributed by atoms with van der Waals surface area (Å²) < 4.78 is 130. The molecule has 6 nitrogen and oxygen atoms in total. The van der Waals surface area contributed by atoms with Crippen molar-refractivity contribution in [1.82, 2.24) is 4.47 Å². The Kier molecular flexibility index (Phi) is 6.85. The van der Waals surface area contributed by atoms with Crippen molar-refractivity contribution in [2.24, 2.45) is 0 Å². The maximum atomic E-state index is 13.3. The summed E-state index contributed by atoms with van der Waals surface area (Å²) in [5, 5.41) is 17.0. The zero-order valence-corrected chi connectivity index (χ0v) is 11.2. The van der Waals surface area contributed by atoms with E-state index in [1.807, 2.05) is 0 Å². The van der Waals surface area contributed by atoms with E-state index in [4.69, 9.17) is 14.8 Å². The molecular formula is C7H8F9NO5S. The Morgan fingerprint density at radius 1 is 1.00 bits per heavy atom. The zero-order chi connectivity index (χ0) is 18.9. The number of hydroxylamine groups is 1. The first-order chi connectivity index (χ1) is 10.0. The van der Waals surface area contributed by atoms with Crippen LogP contribution in [0.25, 0.3) is 0 Å². The molecule has 0 saturated carbocycles. The molecule has 0 spiro atoms. The lowest BCUT2D eigenvalue weighted by Gasteiger charge is -2.36. The zero-order valence-electron chi connectivity index (χ0n) is 10.4. The van der Waals surface area contributed by atoms with Crippen LogP contribution < -0.4 is 0 Å². The first-order valence-corrected chi connectivity index (χ1v) is 6.13. The van der Waals surface area contributed by atoms with Gasteiger partial charge in [0.25, 0.3) is 11.3 Å². The van der Waals surface area contributed by atoms with Crippen LogP contribution in [-0.4, -0.2) is 66.8 Å². The highest BCUT2D eigenvalue weighted by molar-refractivity contribution is 7.76. The van der Waals surface area contributed by atoms with E-state index in [1.165, 1.54) is 0 Å². The fraction of sp³-hybridized carbons (Fsp3) is 1.00. The van der Waals surface area contributed by atoms with Gasteiger partial charge in [-0.15, -0.1) is 0 Å². The van der Waals surface area contributed by atoms with Crippen molar-refractivity contribution in [3.8, 4) is 0 Å². The average Bonchev–Trinajstić information content (AvgIpc) is 2.35. The van der Waals surface area contributed by atoms with Crippen molar-refractivity contribution in [3.05, 3.63) is 0 Å². The summed E-state index contributed by atoms with van der Waals surface area (Å²) >= 11 is -4.31. The maximum absolute atomic E-state index is 13.3. The van der Waals surface area contributed by atoms with Gasteiger partial charge in [0, 0.05) is 0 Å². The first-order valence-electron chi connectivity index (χ1n) is 5.07. The second-order valence-electron chi connectivity index (χ2n) is 3.81. The van der Waals surface area contributed by atoms with Crippen molar-refractivity contribution in [2.45, 2.75) is 30.2 Å². The van der Waals surface area contributed by atoms with Crippen molar-refractivity contribution in [1.29, 1.82) is 0 Å². The van der Waals surface area contributed by atoms with Gasteiger partial charge in [0.2, 0.25) is 0 Å². The minimum atomic E-state index is -7.29. The van der Waals surface area contributed by atoms with Crippen LogP contribution in [0.5, 0.6) is 0 Å². The molecule has 2 atom stereocenters. The Morgan fingerprint density at radius 2 is 1.43 bits per heavy atom. The van der Waals surface area contributed by atoms with E-state index in [1.54, 1.807) is 0 Å². The standard InChI is InChI=1S/C7H8F9NO5S/c8-4(9,6(12,13)14)5(10,11)7(15,16)17(23(20)21)22-2-3(19)1-18/h3,18-19H,1-2H2,(H,20,21). The molecule has 0 aromatic rings. The Labute approximate surface area is 123 Å². The number of hydrogen-bond donors (Lipinski definition) is 3. The molecule has 23 heavy (non-hydrogen) atoms. The molecule has 0 saturated heterocycles. The Balaban J connectivity index is 5.72. The van der Waals surface area contributed by atoms with Gasteiger partial charge >= 0.3 is 24.1 Å². The van der Waals surface area contributed by atoms with E-state index in [0.717, 1.165) is 0 Å². The molecule has 16 heteroatoms. The molecule has 0 rings (SSSR count). The van der Waals surface area contributed by atoms with Crippen LogP contribution in [0.4, 0.5) is 39.5 Å². The van der Waals surface area contributed by atoms with Gasteiger partial charge in [0.1, 0.15) is 6.10 Å². The third-order valence-electron chi connectivity index (χ3n) is 2.09. The Hall–Kier alpha value is -0.680. The van der Waals surface area contributed by atoms with Crippen LogP contribution in [0.3, 0.4) is 0 Å². The lowest BCUT2D eigenvalue weighted by molar-refractivity contribution is -0.436. The van der Waals surface area contributed by atoms with Crippen LogP contribution in [-0.2, 0) is 16.1 Å². The molecule has 0 aromatic heterocycles. The highest BCUT2D eigenvalue weighted by Crippen LogP contribution is 2.54. The van der Waals surface area contributed by atoms with Crippen molar-refractivity contribution in [3.63, 3.8) is 0 Å². The fourth-order valence-corrected chi connectivity index (χ4v) is 1.37. The fourth-order valence-electron chi connectivity index (χ4n) is 0.912. The van der Waals surface area contributed by atoms with Crippen LogP contribution >= 0.6 is 0 Å². The first kappa shape index (κ1) is 22.3. The summed E-state index contributed by atoms with van der Waals surface area (Å²) in [5.41, 5.74) is 0. The number of aliphatic hydroxyl groups excluding tert-OH is 2. The van der Waals surface area contributed by atoms with Crippen LogP contribution in [0.15, 0.2) is 0 Å². The third-order valence-corrected chi connectivity index (χ3v) is 2.71. The maximum Gasteiger partial charge on any atom is 0.460 e. The monoisotopic (exact) mass is 389 g/mol. The van der Waals surface area contributed by atoms with Gasteiger partial charge in [0.05, 0.1) is 13.2 Å². The number of rotatable bonds is 8. The van der Waals surface area contributed by atoms with Crippen LogP contribution in [0, 0.1) is 0 Å². The number of nitrogens with zero attached hydrogens (tertiary/aromatic N) is 1. The second-order valence-corrected chi connectivity index (χ2v) is 4.60. The van der Waals surface area contributed by atoms with Crippen molar-refractivity contribution < 1.29 is 63.3 Å². The molecule has 0 fully saturated rings. The summed E-state index contributed by atoms with van der Waals surface area (Å²) in [6, 6.07) is -6.62. The number of hydrogen-bond acceptors (Lipinski definition) is 4. The van der Waals surface area contributed by atoms with E-state index in [-0.39, 0.29) is 0 Å². The molecular weight excluding hydrogens is 381 g/mol. The predicted molar refractivity (Wildman–Crippen MR) is 52.6 cm³/mol. The van der Waals surface area contributed by atoms with Crippen molar-refractivity contribution in [2.75, 3.05) is 13.2 Å². The summed E-state index contributed by atoms with van der Waals surface area (Å²) in [6.45, 7) is -2.82. The van der Waals surface area contributed by atoms with E-state index < -0.39 is 59.1 Å². The molecule has 0 aromatic carbocycles. The molecule has 3 N–H and O–H groups in total. The topological polar surface area (TPSA) is 90.2 Å². The van der Waals surface area contributed by atoms with E-state index >= 15 is 0 Å². The minimum Gasteiger partial charge on any atom is -0.394 e. The molecule has 0 aliphatic heterocycles. The number of alkyl halides is 9. The normalized spacial score (nSPS) is 17.4.